The van der Waals surface area contributed by atoms with Crippen LogP contribution in [-0.4, -0.2) is 21.0 Å². The van der Waals surface area contributed by atoms with Gasteiger partial charge >= 0.3 is 6.09 Å². The molecule has 0 aliphatic rings. The molecule has 1 aromatic heterocycles. The first-order chi connectivity index (χ1) is 8.63. The van der Waals surface area contributed by atoms with E-state index in [-0.39, 0.29) is 0 Å². The van der Waals surface area contributed by atoms with E-state index in [1.54, 1.807) is 17.1 Å². The standard InChI is InChI=1S/C12H14N4O2/c13-11-6-15-16(8-11)7-10-3-1-9(2-4-10)5-14-12(17)18/h1-4,6,8,14H,5,7,13H2,(H,17,18). The predicted molar refractivity (Wildman–Crippen MR) is 67.0 cm³/mol. The van der Waals surface area contributed by atoms with E-state index >= 15 is 0 Å². The molecular formula is C12H14N4O2. The second-order valence-electron chi connectivity index (χ2n) is 3.95. The van der Waals surface area contributed by atoms with Gasteiger partial charge in [-0.2, -0.15) is 5.10 Å². The van der Waals surface area contributed by atoms with Gasteiger partial charge < -0.3 is 16.2 Å². The molecule has 18 heavy (non-hydrogen) atoms. The molecule has 1 amide bonds. The van der Waals surface area contributed by atoms with Crippen molar-refractivity contribution >= 4 is 11.8 Å². The Morgan fingerprint density at radius 1 is 1.33 bits per heavy atom. The Balaban J connectivity index is 1.97. The molecule has 0 aliphatic heterocycles. The van der Waals surface area contributed by atoms with Crippen molar-refractivity contribution in [3.8, 4) is 0 Å². The molecule has 0 aliphatic carbocycles. The minimum Gasteiger partial charge on any atom is -0.465 e. The molecule has 0 saturated carbocycles. The normalized spacial score (nSPS) is 10.2. The number of hydrogen-bond donors (Lipinski definition) is 3. The molecule has 0 saturated heterocycles. The molecule has 6 nitrogen and oxygen atoms in total. The maximum Gasteiger partial charge on any atom is 0.404 e. The summed E-state index contributed by atoms with van der Waals surface area (Å²) in [5, 5.41) is 14.9. The van der Waals surface area contributed by atoms with Gasteiger partial charge in [0.25, 0.3) is 0 Å². The summed E-state index contributed by atoms with van der Waals surface area (Å²) in [6.45, 7) is 0.953. The summed E-state index contributed by atoms with van der Waals surface area (Å²) in [5.41, 5.74) is 8.21. The number of carbonyl (C=O) groups is 1. The molecule has 4 N–H and O–H groups in total. The fourth-order valence-electron chi connectivity index (χ4n) is 1.59. The lowest BCUT2D eigenvalue weighted by molar-refractivity contribution is 0.194. The van der Waals surface area contributed by atoms with Crippen LogP contribution in [0.4, 0.5) is 10.5 Å². The Hall–Kier alpha value is -2.50. The average Bonchev–Trinajstić information content (AvgIpc) is 2.74. The number of rotatable bonds is 4. The number of nitrogen functional groups attached to an aromatic ring is 1. The lowest BCUT2D eigenvalue weighted by Gasteiger charge is -2.04. The number of amides is 1. The first-order valence-electron chi connectivity index (χ1n) is 5.46. The van der Waals surface area contributed by atoms with E-state index in [0.717, 1.165) is 11.1 Å². The van der Waals surface area contributed by atoms with E-state index in [1.807, 2.05) is 24.3 Å². The van der Waals surface area contributed by atoms with Crippen molar-refractivity contribution in [2.24, 2.45) is 0 Å². The molecule has 6 heteroatoms. The summed E-state index contributed by atoms with van der Waals surface area (Å²) in [6.07, 6.45) is 2.34. The van der Waals surface area contributed by atoms with Crippen LogP contribution >= 0.6 is 0 Å². The third kappa shape index (κ3) is 3.24. The van der Waals surface area contributed by atoms with Gasteiger partial charge in [0.2, 0.25) is 0 Å². The molecule has 0 radical (unpaired) electrons. The summed E-state index contributed by atoms with van der Waals surface area (Å²) in [4.78, 5) is 10.3. The van der Waals surface area contributed by atoms with Crippen molar-refractivity contribution in [1.29, 1.82) is 0 Å². The van der Waals surface area contributed by atoms with Crippen molar-refractivity contribution in [3.63, 3.8) is 0 Å². The van der Waals surface area contributed by atoms with Crippen LogP contribution in [0.25, 0.3) is 0 Å². The second-order valence-corrected chi connectivity index (χ2v) is 3.95. The predicted octanol–water partition coefficient (Wildman–Crippen LogP) is 1.28. The van der Waals surface area contributed by atoms with E-state index < -0.39 is 6.09 Å². The Labute approximate surface area is 104 Å². The molecule has 1 heterocycles. The summed E-state index contributed by atoms with van der Waals surface area (Å²) < 4.78 is 1.75. The number of anilines is 1. The topological polar surface area (TPSA) is 93.2 Å². The molecule has 94 valence electrons. The molecular weight excluding hydrogens is 232 g/mol. The Bertz CT molecular complexity index is 533. The average molecular weight is 246 g/mol. The zero-order chi connectivity index (χ0) is 13.0. The zero-order valence-corrected chi connectivity index (χ0v) is 9.71. The summed E-state index contributed by atoms with van der Waals surface area (Å²) >= 11 is 0. The first kappa shape index (κ1) is 12.0. The van der Waals surface area contributed by atoms with Gasteiger partial charge in [0, 0.05) is 12.7 Å². The van der Waals surface area contributed by atoms with Crippen LogP contribution in [0.2, 0.25) is 0 Å². The SMILES string of the molecule is Nc1cnn(Cc2ccc(CNC(=O)O)cc2)c1. The molecule has 0 bridgehead atoms. The smallest absolute Gasteiger partial charge is 0.404 e. The Kier molecular flexibility index (Phi) is 3.47. The number of hydrogen-bond acceptors (Lipinski definition) is 3. The highest BCUT2D eigenvalue weighted by molar-refractivity contribution is 5.64. The second kappa shape index (κ2) is 5.22. The number of nitrogens with two attached hydrogens (primary N) is 1. The molecule has 0 fully saturated rings. The van der Waals surface area contributed by atoms with Gasteiger partial charge in [0.1, 0.15) is 0 Å². The van der Waals surface area contributed by atoms with E-state index in [2.05, 4.69) is 10.4 Å². The quantitative estimate of drug-likeness (QED) is 0.757. The fourth-order valence-corrected chi connectivity index (χ4v) is 1.59. The monoisotopic (exact) mass is 246 g/mol. The lowest BCUT2D eigenvalue weighted by atomic mass is 10.1. The molecule has 1 aromatic carbocycles. The van der Waals surface area contributed by atoms with Gasteiger partial charge in [-0.05, 0) is 11.1 Å². The van der Waals surface area contributed by atoms with Crippen molar-refractivity contribution in [2.75, 3.05) is 5.73 Å². The highest BCUT2D eigenvalue weighted by Gasteiger charge is 1.99. The van der Waals surface area contributed by atoms with Crippen LogP contribution < -0.4 is 11.1 Å². The molecule has 0 spiro atoms. The van der Waals surface area contributed by atoms with Crippen molar-refractivity contribution in [1.82, 2.24) is 15.1 Å². The van der Waals surface area contributed by atoms with Gasteiger partial charge in [0.05, 0.1) is 18.4 Å². The summed E-state index contributed by atoms with van der Waals surface area (Å²) in [7, 11) is 0. The zero-order valence-electron chi connectivity index (χ0n) is 9.71. The third-order valence-corrected chi connectivity index (χ3v) is 2.46. The number of nitrogens with zero attached hydrogens (tertiary/aromatic N) is 2. The number of benzene rings is 1. The van der Waals surface area contributed by atoms with E-state index in [0.29, 0.717) is 18.8 Å². The molecule has 0 unspecified atom stereocenters. The molecule has 0 atom stereocenters. The van der Waals surface area contributed by atoms with Gasteiger partial charge in [-0.15, -0.1) is 0 Å². The minimum atomic E-state index is -1.02. The number of nitrogens with one attached hydrogen (secondary N) is 1. The van der Waals surface area contributed by atoms with Crippen LogP contribution in [0.15, 0.2) is 36.7 Å². The fraction of sp³-hybridized carbons (Fsp3) is 0.167. The highest BCUT2D eigenvalue weighted by atomic mass is 16.4. The van der Waals surface area contributed by atoms with Crippen LogP contribution in [-0.2, 0) is 13.1 Å². The minimum absolute atomic E-state index is 0.310. The van der Waals surface area contributed by atoms with Gasteiger partial charge in [-0.25, -0.2) is 4.79 Å². The van der Waals surface area contributed by atoms with E-state index in [9.17, 15) is 4.79 Å². The summed E-state index contributed by atoms with van der Waals surface area (Å²) in [5.74, 6) is 0. The molecule has 2 rings (SSSR count). The van der Waals surface area contributed by atoms with Gasteiger partial charge in [-0.3, -0.25) is 4.68 Å². The van der Waals surface area contributed by atoms with Crippen LogP contribution in [0.3, 0.4) is 0 Å². The first-order valence-corrected chi connectivity index (χ1v) is 5.46. The van der Waals surface area contributed by atoms with Crippen LogP contribution in [0, 0.1) is 0 Å². The number of aromatic nitrogens is 2. The maximum atomic E-state index is 10.3. The van der Waals surface area contributed by atoms with Gasteiger partial charge in [-0.1, -0.05) is 24.3 Å². The van der Waals surface area contributed by atoms with Crippen molar-refractivity contribution in [2.45, 2.75) is 13.1 Å². The number of carboxylic acid groups (broad SMARTS) is 1. The maximum absolute atomic E-state index is 10.3. The third-order valence-electron chi connectivity index (χ3n) is 2.46. The Morgan fingerprint density at radius 3 is 2.56 bits per heavy atom. The highest BCUT2D eigenvalue weighted by Crippen LogP contribution is 2.07. The Morgan fingerprint density at radius 2 is 2.00 bits per heavy atom. The lowest BCUT2D eigenvalue weighted by Crippen LogP contribution is -2.19. The van der Waals surface area contributed by atoms with E-state index in [1.165, 1.54) is 0 Å². The van der Waals surface area contributed by atoms with Gasteiger partial charge in [0.15, 0.2) is 0 Å². The largest absolute Gasteiger partial charge is 0.465 e. The van der Waals surface area contributed by atoms with E-state index in [4.69, 9.17) is 10.8 Å². The van der Waals surface area contributed by atoms with Crippen LogP contribution in [0.1, 0.15) is 11.1 Å². The summed E-state index contributed by atoms with van der Waals surface area (Å²) in [6, 6.07) is 7.66. The van der Waals surface area contributed by atoms with Crippen molar-refractivity contribution < 1.29 is 9.90 Å². The molecule has 2 aromatic rings. The van der Waals surface area contributed by atoms with Crippen LogP contribution in [0.5, 0.6) is 0 Å². The van der Waals surface area contributed by atoms with Crippen molar-refractivity contribution in [3.05, 3.63) is 47.8 Å².